The predicted molar refractivity (Wildman–Crippen MR) is 55.1 cm³/mol. The van der Waals surface area contributed by atoms with Crippen LogP contribution in [0.25, 0.3) is 0 Å². The van der Waals surface area contributed by atoms with Gasteiger partial charge in [-0.3, -0.25) is 4.79 Å². The van der Waals surface area contributed by atoms with Crippen LogP contribution in [0.3, 0.4) is 0 Å². The van der Waals surface area contributed by atoms with Crippen molar-refractivity contribution in [3.05, 3.63) is 0 Å². The molecule has 0 saturated heterocycles. The fraction of sp³-hybridized carbons (Fsp3) is 0.750. The minimum absolute atomic E-state index is 0.104. The number of hydrogen-bond acceptors (Lipinski definition) is 2. The summed E-state index contributed by atoms with van der Waals surface area (Å²) < 4.78 is 0. The zero-order valence-electron chi connectivity index (χ0n) is 7.67. The molecule has 0 radical (unpaired) electrons. The molecule has 0 aliphatic heterocycles. The van der Waals surface area contributed by atoms with Crippen molar-refractivity contribution in [3.63, 3.8) is 0 Å². The van der Waals surface area contributed by atoms with Crippen molar-refractivity contribution in [2.24, 2.45) is 11.7 Å². The maximum absolute atomic E-state index is 10.4. The lowest BCUT2D eigenvalue weighted by Crippen LogP contribution is -2.50. The molecular weight excluding hydrogens is 186 g/mol. The van der Waals surface area contributed by atoms with Gasteiger partial charge in [0.05, 0.1) is 6.54 Å². The molecule has 0 heterocycles. The van der Waals surface area contributed by atoms with Gasteiger partial charge in [-0.1, -0.05) is 6.92 Å². The summed E-state index contributed by atoms with van der Waals surface area (Å²) in [7, 11) is 0. The topological polar surface area (TPSA) is 67.2 Å². The van der Waals surface area contributed by atoms with Crippen molar-refractivity contribution in [2.45, 2.75) is 25.8 Å². The van der Waals surface area contributed by atoms with Gasteiger partial charge >= 0.3 is 0 Å². The Morgan fingerprint density at radius 3 is 2.69 bits per heavy atom. The Balaban J connectivity index is 2.14. The van der Waals surface area contributed by atoms with Crippen LogP contribution in [0.15, 0.2) is 0 Å². The first-order chi connectivity index (χ1) is 6.09. The van der Waals surface area contributed by atoms with E-state index >= 15 is 0 Å². The minimum atomic E-state index is -0.397. The van der Waals surface area contributed by atoms with Crippen molar-refractivity contribution < 1.29 is 4.79 Å². The average molecular weight is 201 g/mol. The highest BCUT2D eigenvalue weighted by atomic mass is 32.1. The van der Waals surface area contributed by atoms with E-state index in [0.717, 1.165) is 6.42 Å². The highest BCUT2D eigenvalue weighted by Crippen LogP contribution is 2.26. The molecule has 74 valence electrons. The largest absolute Gasteiger partial charge is 0.368 e. The van der Waals surface area contributed by atoms with E-state index in [0.29, 0.717) is 17.1 Å². The standard InChI is InChI=1S/C8H15N3OS/c1-5-2-3-6(5)11-8(13)10-4-7(9)12/h5-6H,2-4H2,1H3,(H2,9,12)(H2,10,11,13). The molecule has 1 rings (SSSR count). The van der Waals surface area contributed by atoms with Crippen molar-refractivity contribution in [1.82, 2.24) is 10.6 Å². The van der Waals surface area contributed by atoms with Gasteiger partial charge in [-0.15, -0.1) is 0 Å². The van der Waals surface area contributed by atoms with Gasteiger partial charge in [-0.2, -0.15) is 0 Å². The number of nitrogens with two attached hydrogens (primary N) is 1. The molecule has 0 aromatic carbocycles. The summed E-state index contributed by atoms with van der Waals surface area (Å²) in [6, 6.07) is 0.466. The zero-order valence-corrected chi connectivity index (χ0v) is 8.49. The summed E-state index contributed by atoms with van der Waals surface area (Å²) in [6.07, 6.45) is 2.40. The number of hydrogen-bond donors (Lipinski definition) is 3. The van der Waals surface area contributed by atoms with Crippen LogP contribution in [0.2, 0.25) is 0 Å². The molecule has 2 atom stereocenters. The average Bonchev–Trinajstić information content (AvgIpc) is 2.08. The van der Waals surface area contributed by atoms with Crippen LogP contribution in [0.4, 0.5) is 0 Å². The van der Waals surface area contributed by atoms with Crippen LogP contribution >= 0.6 is 12.2 Å². The number of amides is 1. The van der Waals surface area contributed by atoms with Crippen LogP contribution in [-0.4, -0.2) is 23.6 Å². The molecule has 1 aliphatic carbocycles. The molecule has 13 heavy (non-hydrogen) atoms. The van der Waals surface area contributed by atoms with E-state index < -0.39 is 5.91 Å². The molecule has 1 saturated carbocycles. The molecule has 0 aromatic heterocycles. The summed E-state index contributed by atoms with van der Waals surface area (Å²) in [4.78, 5) is 10.4. The first kappa shape index (κ1) is 10.2. The number of rotatable bonds is 3. The Morgan fingerprint density at radius 1 is 1.62 bits per heavy atom. The summed E-state index contributed by atoms with van der Waals surface area (Å²) in [5.74, 6) is 0.277. The van der Waals surface area contributed by atoms with Gasteiger partial charge in [0.25, 0.3) is 0 Å². The molecule has 0 bridgehead atoms. The third kappa shape index (κ3) is 3.18. The van der Waals surface area contributed by atoms with Crippen molar-refractivity contribution in [3.8, 4) is 0 Å². The van der Waals surface area contributed by atoms with Crippen LogP contribution in [-0.2, 0) is 4.79 Å². The summed E-state index contributed by atoms with van der Waals surface area (Å²) in [6.45, 7) is 2.28. The molecule has 0 spiro atoms. The summed E-state index contributed by atoms with van der Waals surface area (Å²) in [5, 5.41) is 6.41. The third-order valence-corrected chi connectivity index (χ3v) is 2.62. The molecule has 1 fully saturated rings. The Labute approximate surface area is 83.2 Å². The highest BCUT2D eigenvalue weighted by molar-refractivity contribution is 7.80. The van der Waals surface area contributed by atoms with Crippen LogP contribution in [0, 0.1) is 5.92 Å². The Morgan fingerprint density at radius 2 is 2.31 bits per heavy atom. The fourth-order valence-corrected chi connectivity index (χ4v) is 1.49. The van der Waals surface area contributed by atoms with E-state index in [-0.39, 0.29) is 6.54 Å². The second-order valence-electron chi connectivity index (χ2n) is 3.45. The van der Waals surface area contributed by atoms with Crippen molar-refractivity contribution in [1.29, 1.82) is 0 Å². The van der Waals surface area contributed by atoms with Gasteiger partial charge in [0.2, 0.25) is 5.91 Å². The van der Waals surface area contributed by atoms with E-state index in [1.165, 1.54) is 6.42 Å². The fourth-order valence-electron chi connectivity index (χ4n) is 1.27. The predicted octanol–water partition coefficient (Wildman–Crippen LogP) is -0.266. The zero-order chi connectivity index (χ0) is 9.84. The van der Waals surface area contributed by atoms with Crippen LogP contribution in [0.5, 0.6) is 0 Å². The highest BCUT2D eigenvalue weighted by Gasteiger charge is 2.26. The van der Waals surface area contributed by atoms with Gasteiger partial charge in [-0.25, -0.2) is 0 Å². The van der Waals surface area contributed by atoms with Crippen LogP contribution in [0.1, 0.15) is 19.8 Å². The summed E-state index contributed by atoms with van der Waals surface area (Å²) >= 11 is 4.97. The second-order valence-corrected chi connectivity index (χ2v) is 3.86. The molecule has 0 aromatic rings. The van der Waals surface area contributed by atoms with E-state index in [9.17, 15) is 4.79 Å². The second kappa shape index (κ2) is 4.41. The van der Waals surface area contributed by atoms with Gasteiger partial charge in [0, 0.05) is 6.04 Å². The molecule has 4 nitrogen and oxygen atoms in total. The molecular formula is C8H15N3OS. The number of thiocarbonyl (C=S) groups is 1. The van der Waals surface area contributed by atoms with E-state index in [4.69, 9.17) is 18.0 Å². The molecule has 1 aliphatic rings. The Kier molecular flexibility index (Phi) is 3.48. The minimum Gasteiger partial charge on any atom is -0.368 e. The Bertz CT molecular complexity index is 219. The maximum Gasteiger partial charge on any atom is 0.236 e. The summed E-state index contributed by atoms with van der Waals surface area (Å²) in [5.41, 5.74) is 4.96. The SMILES string of the molecule is CC1CCC1NC(=S)NCC(N)=O. The van der Waals surface area contributed by atoms with E-state index in [2.05, 4.69) is 17.6 Å². The first-order valence-corrected chi connectivity index (χ1v) is 4.83. The van der Waals surface area contributed by atoms with E-state index in [1.54, 1.807) is 0 Å². The monoisotopic (exact) mass is 201 g/mol. The molecule has 5 heteroatoms. The van der Waals surface area contributed by atoms with Gasteiger partial charge < -0.3 is 16.4 Å². The van der Waals surface area contributed by atoms with Gasteiger partial charge in [0.1, 0.15) is 0 Å². The Hall–Kier alpha value is -0.840. The number of primary amides is 1. The third-order valence-electron chi connectivity index (χ3n) is 2.36. The molecule has 1 amide bonds. The lowest BCUT2D eigenvalue weighted by molar-refractivity contribution is -0.116. The number of nitrogens with one attached hydrogen (secondary N) is 2. The molecule has 2 unspecified atom stereocenters. The molecule has 4 N–H and O–H groups in total. The quantitative estimate of drug-likeness (QED) is 0.550. The first-order valence-electron chi connectivity index (χ1n) is 4.42. The lowest BCUT2D eigenvalue weighted by atomic mass is 9.81. The van der Waals surface area contributed by atoms with Gasteiger partial charge in [0.15, 0.2) is 5.11 Å². The van der Waals surface area contributed by atoms with E-state index in [1.807, 2.05) is 0 Å². The number of carbonyl (C=O) groups is 1. The number of carbonyl (C=O) groups excluding carboxylic acids is 1. The lowest BCUT2D eigenvalue weighted by Gasteiger charge is -2.35. The van der Waals surface area contributed by atoms with Crippen molar-refractivity contribution >= 4 is 23.2 Å². The maximum atomic E-state index is 10.4. The normalized spacial score (nSPS) is 25.9. The van der Waals surface area contributed by atoms with Crippen LogP contribution < -0.4 is 16.4 Å². The van der Waals surface area contributed by atoms with Crippen molar-refractivity contribution in [2.75, 3.05) is 6.54 Å². The van der Waals surface area contributed by atoms with Gasteiger partial charge in [-0.05, 0) is 31.0 Å². The smallest absolute Gasteiger partial charge is 0.236 e.